The van der Waals surface area contributed by atoms with Crippen LogP contribution in [-0.4, -0.2) is 31.6 Å². The highest BCUT2D eigenvalue weighted by Crippen LogP contribution is 2.06. The number of aromatic nitrogens is 1. The molecule has 0 aliphatic heterocycles. The third-order valence-corrected chi connectivity index (χ3v) is 2.55. The zero-order chi connectivity index (χ0) is 15.2. The van der Waals surface area contributed by atoms with Crippen LogP contribution >= 0.6 is 0 Å². The van der Waals surface area contributed by atoms with Crippen LogP contribution in [0.3, 0.4) is 0 Å². The van der Waals surface area contributed by atoms with Crippen molar-refractivity contribution in [3.8, 4) is 11.8 Å². The molecule has 0 fully saturated rings. The summed E-state index contributed by atoms with van der Waals surface area (Å²) in [6.07, 6.45) is 2.14. The van der Waals surface area contributed by atoms with Crippen LogP contribution in [0.1, 0.15) is 26.3 Å². The molecular weight excluding hydrogens is 280 g/mol. The number of rotatable bonds is 2. The molecule has 0 aromatic carbocycles. The van der Waals surface area contributed by atoms with Crippen molar-refractivity contribution in [1.29, 1.82) is 0 Å². The third-order valence-electron chi connectivity index (χ3n) is 1.89. The Morgan fingerprint density at radius 2 is 2.10 bits per heavy atom. The Labute approximate surface area is 119 Å². The summed E-state index contributed by atoms with van der Waals surface area (Å²) >= 11 is 0. The lowest BCUT2D eigenvalue weighted by molar-refractivity contribution is 0.0535. The predicted octanol–water partition coefficient (Wildman–Crippen LogP) is 0.928. The fourth-order valence-corrected chi connectivity index (χ4v) is 1.58. The van der Waals surface area contributed by atoms with Gasteiger partial charge in [-0.05, 0) is 26.8 Å². The molecule has 0 spiro atoms. The molecule has 7 heteroatoms. The van der Waals surface area contributed by atoms with Crippen LogP contribution in [0.5, 0.6) is 0 Å². The van der Waals surface area contributed by atoms with Gasteiger partial charge in [0, 0.05) is 18.0 Å². The average Bonchev–Trinajstić information content (AvgIpc) is 2.33. The number of ether oxygens (including phenoxy) is 1. The van der Waals surface area contributed by atoms with Crippen molar-refractivity contribution in [2.75, 3.05) is 6.54 Å². The zero-order valence-electron chi connectivity index (χ0n) is 11.5. The molecule has 0 saturated carbocycles. The first-order valence-corrected chi connectivity index (χ1v) is 7.01. The molecule has 0 unspecified atom stereocenters. The van der Waals surface area contributed by atoms with Crippen molar-refractivity contribution in [1.82, 2.24) is 10.3 Å². The van der Waals surface area contributed by atoms with Crippen LogP contribution in [0.25, 0.3) is 0 Å². The van der Waals surface area contributed by atoms with Crippen molar-refractivity contribution in [2.24, 2.45) is 0 Å². The minimum Gasteiger partial charge on any atom is -0.444 e. The molecular formula is C13H16N2O4S. The van der Waals surface area contributed by atoms with Crippen molar-refractivity contribution in [2.45, 2.75) is 31.3 Å². The molecule has 1 amide bonds. The molecule has 108 valence electrons. The maximum atomic E-state index is 11.3. The maximum absolute atomic E-state index is 11.3. The van der Waals surface area contributed by atoms with Gasteiger partial charge in [-0.1, -0.05) is 11.8 Å². The summed E-state index contributed by atoms with van der Waals surface area (Å²) in [5, 5.41) is 2.47. The number of hydrogen-bond donors (Lipinski definition) is 2. The van der Waals surface area contributed by atoms with E-state index in [1.807, 2.05) is 0 Å². The average molecular weight is 296 g/mol. The van der Waals surface area contributed by atoms with Gasteiger partial charge in [0.15, 0.2) is 10.7 Å². The summed E-state index contributed by atoms with van der Waals surface area (Å²) < 4.78 is 26.6. The van der Waals surface area contributed by atoms with Gasteiger partial charge in [-0.2, -0.15) is 0 Å². The molecule has 0 saturated heterocycles. The highest BCUT2D eigenvalue weighted by Gasteiger charge is 2.14. The van der Waals surface area contributed by atoms with Crippen molar-refractivity contribution < 1.29 is 17.9 Å². The third kappa shape index (κ3) is 6.20. The largest absolute Gasteiger partial charge is 0.444 e. The quantitative estimate of drug-likeness (QED) is 0.626. The van der Waals surface area contributed by atoms with E-state index in [1.54, 1.807) is 20.8 Å². The number of nitrogens with one attached hydrogen (secondary N) is 1. The van der Waals surface area contributed by atoms with Gasteiger partial charge in [0.2, 0.25) is 0 Å². The first-order chi connectivity index (χ1) is 9.28. The molecule has 0 radical (unpaired) electrons. The van der Waals surface area contributed by atoms with E-state index in [0.29, 0.717) is 5.56 Å². The van der Waals surface area contributed by atoms with Gasteiger partial charge in [0.25, 0.3) is 0 Å². The Hall–Kier alpha value is -2.07. The topological polar surface area (TPSA) is 85.4 Å². The Morgan fingerprint density at radius 3 is 2.70 bits per heavy atom. The number of nitrogens with zero attached hydrogens (tertiary/aromatic N) is 1. The van der Waals surface area contributed by atoms with Gasteiger partial charge in [0.1, 0.15) is 5.60 Å². The van der Waals surface area contributed by atoms with Crippen LogP contribution in [-0.2, 0) is 15.4 Å². The minimum atomic E-state index is -2.68. The normalized spacial score (nSPS) is 10.6. The first kappa shape index (κ1) is 16.0. The van der Waals surface area contributed by atoms with E-state index in [0.717, 1.165) is 0 Å². The zero-order valence-corrected chi connectivity index (χ0v) is 12.4. The minimum absolute atomic E-state index is 0.0999. The number of amides is 1. The molecule has 0 bridgehead atoms. The number of pyridine rings is 1. The fourth-order valence-electron chi connectivity index (χ4n) is 1.17. The number of carbonyl (C=O) groups is 1. The van der Waals surface area contributed by atoms with Crippen LogP contribution in [0.4, 0.5) is 4.79 Å². The Balaban J connectivity index is 2.55. The standard InChI is InChI=1S/C13H16N2O4S/c1-13(2,3)19-12(16)15-6-4-5-10-7-11(20(17)18)9-14-8-10/h7-9,20H,6H2,1-3H3,(H,15,16). The van der Waals surface area contributed by atoms with Crippen LogP contribution in [0.2, 0.25) is 0 Å². The van der Waals surface area contributed by atoms with E-state index in [1.165, 1.54) is 18.5 Å². The van der Waals surface area contributed by atoms with E-state index in [9.17, 15) is 13.2 Å². The maximum Gasteiger partial charge on any atom is 0.408 e. The lowest BCUT2D eigenvalue weighted by atomic mass is 10.2. The molecule has 1 aromatic rings. The summed E-state index contributed by atoms with van der Waals surface area (Å²) in [5.74, 6) is 5.39. The number of thiol groups is 1. The van der Waals surface area contributed by atoms with Crippen LogP contribution < -0.4 is 5.32 Å². The van der Waals surface area contributed by atoms with Gasteiger partial charge in [-0.3, -0.25) is 4.98 Å². The van der Waals surface area contributed by atoms with Crippen molar-refractivity contribution in [3.63, 3.8) is 0 Å². The molecule has 0 aliphatic rings. The van der Waals surface area contributed by atoms with Crippen molar-refractivity contribution in [3.05, 3.63) is 24.0 Å². The lowest BCUT2D eigenvalue weighted by Gasteiger charge is -2.18. The molecule has 0 aliphatic carbocycles. The van der Waals surface area contributed by atoms with E-state index in [2.05, 4.69) is 22.1 Å². The number of alkyl carbamates (subject to hydrolysis) is 1. The Bertz CT molecular complexity index is 613. The van der Waals surface area contributed by atoms with Crippen LogP contribution in [0.15, 0.2) is 23.4 Å². The van der Waals surface area contributed by atoms with Crippen molar-refractivity contribution >= 4 is 16.8 Å². The second-order valence-electron chi connectivity index (χ2n) is 4.85. The summed E-state index contributed by atoms with van der Waals surface area (Å²) in [6, 6.07) is 1.42. The molecule has 6 nitrogen and oxygen atoms in total. The van der Waals surface area contributed by atoms with E-state index >= 15 is 0 Å². The molecule has 1 aromatic heterocycles. The van der Waals surface area contributed by atoms with E-state index in [-0.39, 0.29) is 11.4 Å². The van der Waals surface area contributed by atoms with E-state index in [4.69, 9.17) is 4.74 Å². The Kier molecular flexibility index (Phi) is 5.53. The summed E-state index contributed by atoms with van der Waals surface area (Å²) in [4.78, 5) is 15.2. The van der Waals surface area contributed by atoms with Gasteiger partial charge < -0.3 is 10.1 Å². The lowest BCUT2D eigenvalue weighted by Crippen LogP contribution is -2.32. The number of hydrogen-bond acceptors (Lipinski definition) is 5. The summed E-state index contributed by atoms with van der Waals surface area (Å²) in [6.45, 7) is 5.39. The highest BCUT2D eigenvalue weighted by molar-refractivity contribution is 7.72. The molecule has 1 N–H and O–H groups in total. The summed E-state index contributed by atoms with van der Waals surface area (Å²) in [7, 11) is -2.68. The van der Waals surface area contributed by atoms with Gasteiger partial charge >= 0.3 is 6.09 Å². The number of carbonyl (C=O) groups excluding carboxylic acids is 1. The second kappa shape index (κ2) is 6.91. The fraction of sp³-hybridized carbons (Fsp3) is 0.385. The molecule has 1 heterocycles. The molecule has 1 rings (SSSR count). The first-order valence-electron chi connectivity index (χ1n) is 5.83. The van der Waals surface area contributed by atoms with E-state index < -0.39 is 22.4 Å². The SMILES string of the molecule is CC(C)(C)OC(=O)NCC#Cc1cncc([SH](=O)=O)c1. The van der Waals surface area contributed by atoms with Gasteiger partial charge in [-0.25, -0.2) is 13.2 Å². The predicted molar refractivity (Wildman–Crippen MR) is 73.9 cm³/mol. The molecule has 0 atom stereocenters. The smallest absolute Gasteiger partial charge is 0.408 e. The van der Waals surface area contributed by atoms with Crippen LogP contribution in [0, 0.1) is 11.8 Å². The van der Waals surface area contributed by atoms with Gasteiger partial charge in [-0.15, -0.1) is 0 Å². The monoisotopic (exact) mass is 296 g/mol. The Morgan fingerprint density at radius 1 is 1.40 bits per heavy atom. The molecule has 20 heavy (non-hydrogen) atoms. The second-order valence-corrected chi connectivity index (χ2v) is 5.88. The highest BCUT2D eigenvalue weighted by atomic mass is 32.2. The summed E-state index contributed by atoms with van der Waals surface area (Å²) in [5.41, 5.74) is -0.0949. The van der Waals surface area contributed by atoms with Gasteiger partial charge in [0.05, 0.1) is 11.4 Å².